The number of aromatic nitrogens is 4. The number of hydrogen-bond acceptors (Lipinski definition) is 8. The highest BCUT2D eigenvalue weighted by atomic mass is 32.1. The van der Waals surface area contributed by atoms with Crippen molar-refractivity contribution in [1.29, 1.82) is 0 Å². The van der Waals surface area contributed by atoms with Crippen LogP contribution in [0.15, 0.2) is 54.6 Å². The Morgan fingerprint density at radius 1 is 1.26 bits per heavy atom. The number of anilines is 1. The van der Waals surface area contributed by atoms with Crippen molar-refractivity contribution < 1.29 is 9.53 Å². The van der Waals surface area contributed by atoms with E-state index < -0.39 is 5.97 Å². The van der Waals surface area contributed by atoms with E-state index in [-0.39, 0.29) is 6.04 Å². The van der Waals surface area contributed by atoms with Crippen LogP contribution in [0.3, 0.4) is 0 Å². The van der Waals surface area contributed by atoms with Gasteiger partial charge in [-0.05, 0) is 19.3 Å². The summed E-state index contributed by atoms with van der Waals surface area (Å²) in [4.78, 5) is 23.5. The lowest BCUT2D eigenvalue weighted by molar-refractivity contribution is 0.0520. The van der Waals surface area contributed by atoms with E-state index in [0.717, 1.165) is 22.7 Å². The summed E-state index contributed by atoms with van der Waals surface area (Å²) in [6.07, 6.45) is 4.28. The molecule has 2 aromatic heterocycles. The zero-order chi connectivity index (χ0) is 22.2. The SMILES string of the molecule is C=CCN(c1nncc(-c2ccccc2)n1)C(CC(C)C)c1nc(C(=O)OCC)cs1. The predicted molar refractivity (Wildman–Crippen MR) is 123 cm³/mol. The molecule has 162 valence electrons. The summed E-state index contributed by atoms with van der Waals surface area (Å²) in [5, 5.41) is 11.1. The number of esters is 1. The number of nitrogens with zero attached hydrogens (tertiary/aromatic N) is 5. The van der Waals surface area contributed by atoms with Crippen molar-refractivity contribution in [1.82, 2.24) is 20.2 Å². The minimum atomic E-state index is -0.410. The van der Waals surface area contributed by atoms with Gasteiger partial charge in [-0.25, -0.2) is 14.8 Å². The second kappa shape index (κ2) is 10.8. The van der Waals surface area contributed by atoms with Gasteiger partial charge in [0.25, 0.3) is 0 Å². The van der Waals surface area contributed by atoms with E-state index in [0.29, 0.717) is 30.7 Å². The zero-order valence-electron chi connectivity index (χ0n) is 18.1. The number of rotatable bonds is 10. The Labute approximate surface area is 186 Å². The standard InChI is InChI=1S/C23H27N5O2S/c1-5-12-28(23-26-18(14-24-27-23)17-10-8-7-9-11-17)20(13-16(3)4)21-25-19(15-31-21)22(29)30-6-2/h5,7-11,14-16,20H,1,6,12-13H2,2-4H3. The van der Waals surface area contributed by atoms with Gasteiger partial charge in [0.15, 0.2) is 5.69 Å². The molecule has 1 atom stereocenters. The molecular formula is C23H27N5O2S. The molecule has 1 aromatic carbocycles. The maximum Gasteiger partial charge on any atom is 0.357 e. The van der Waals surface area contributed by atoms with Crippen molar-refractivity contribution in [2.75, 3.05) is 18.1 Å². The van der Waals surface area contributed by atoms with Crippen molar-refractivity contribution in [2.45, 2.75) is 33.2 Å². The number of benzene rings is 1. The van der Waals surface area contributed by atoms with E-state index >= 15 is 0 Å². The quantitative estimate of drug-likeness (QED) is 0.328. The molecule has 0 aliphatic rings. The van der Waals surface area contributed by atoms with Gasteiger partial charge in [-0.1, -0.05) is 50.3 Å². The third kappa shape index (κ3) is 5.73. The van der Waals surface area contributed by atoms with Crippen molar-refractivity contribution in [3.05, 3.63) is 65.3 Å². The highest BCUT2D eigenvalue weighted by Crippen LogP contribution is 2.33. The van der Waals surface area contributed by atoms with Gasteiger partial charge in [0.1, 0.15) is 5.01 Å². The molecule has 0 aliphatic carbocycles. The minimum absolute atomic E-state index is 0.126. The lowest BCUT2D eigenvalue weighted by Gasteiger charge is -2.30. The van der Waals surface area contributed by atoms with Gasteiger partial charge in [0, 0.05) is 17.5 Å². The fourth-order valence-corrected chi connectivity index (χ4v) is 4.11. The third-order valence-electron chi connectivity index (χ3n) is 4.56. The van der Waals surface area contributed by atoms with Crippen LogP contribution in [0.4, 0.5) is 5.95 Å². The molecule has 0 aliphatic heterocycles. The van der Waals surface area contributed by atoms with E-state index in [1.165, 1.54) is 11.3 Å². The van der Waals surface area contributed by atoms with Crippen LogP contribution < -0.4 is 4.90 Å². The number of carbonyl (C=O) groups excluding carboxylic acids is 1. The molecule has 2 heterocycles. The minimum Gasteiger partial charge on any atom is -0.461 e. The summed E-state index contributed by atoms with van der Waals surface area (Å²) in [6, 6.07) is 9.75. The van der Waals surface area contributed by atoms with Gasteiger partial charge < -0.3 is 9.64 Å². The van der Waals surface area contributed by atoms with Crippen molar-refractivity contribution in [3.8, 4) is 11.3 Å². The van der Waals surface area contributed by atoms with E-state index in [4.69, 9.17) is 9.72 Å². The first kappa shape index (κ1) is 22.6. The van der Waals surface area contributed by atoms with Crippen molar-refractivity contribution >= 4 is 23.3 Å². The van der Waals surface area contributed by atoms with Crippen molar-refractivity contribution in [3.63, 3.8) is 0 Å². The molecule has 3 rings (SSSR count). The van der Waals surface area contributed by atoms with Gasteiger partial charge in [0.2, 0.25) is 5.95 Å². The molecule has 0 bridgehead atoms. The molecule has 0 N–H and O–H groups in total. The smallest absolute Gasteiger partial charge is 0.357 e. The maximum absolute atomic E-state index is 12.1. The summed E-state index contributed by atoms with van der Waals surface area (Å²) in [5.41, 5.74) is 2.04. The first-order chi connectivity index (χ1) is 15.0. The molecule has 3 aromatic rings. The molecule has 0 radical (unpaired) electrons. The molecule has 0 fully saturated rings. The summed E-state index contributed by atoms with van der Waals surface area (Å²) in [7, 11) is 0. The Morgan fingerprint density at radius 3 is 2.71 bits per heavy atom. The molecule has 1 unspecified atom stereocenters. The zero-order valence-corrected chi connectivity index (χ0v) is 18.9. The second-order valence-electron chi connectivity index (χ2n) is 7.39. The first-order valence-electron chi connectivity index (χ1n) is 10.3. The van der Waals surface area contributed by atoms with Gasteiger partial charge in [0.05, 0.1) is 24.5 Å². The van der Waals surface area contributed by atoms with Gasteiger partial charge in [-0.3, -0.25) is 0 Å². The number of thiazole rings is 1. The number of hydrogen-bond donors (Lipinski definition) is 0. The van der Waals surface area contributed by atoms with E-state index in [1.807, 2.05) is 41.3 Å². The molecule has 8 heteroatoms. The van der Waals surface area contributed by atoms with E-state index in [1.54, 1.807) is 18.5 Å². The maximum atomic E-state index is 12.1. The van der Waals surface area contributed by atoms with Crippen molar-refractivity contribution in [2.24, 2.45) is 5.92 Å². The van der Waals surface area contributed by atoms with E-state index in [9.17, 15) is 4.79 Å². The highest BCUT2D eigenvalue weighted by molar-refractivity contribution is 7.09. The first-order valence-corrected chi connectivity index (χ1v) is 11.2. The lowest BCUT2D eigenvalue weighted by Crippen LogP contribution is -2.32. The molecular weight excluding hydrogens is 410 g/mol. The van der Waals surface area contributed by atoms with Crippen LogP contribution in [0, 0.1) is 5.92 Å². The molecule has 0 saturated carbocycles. The number of ether oxygens (including phenoxy) is 1. The Kier molecular flexibility index (Phi) is 7.83. The Morgan fingerprint density at radius 2 is 2.03 bits per heavy atom. The number of carbonyl (C=O) groups is 1. The van der Waals surface area contributed by atoms with Crippen LogP contribution in [0.2, 0.25) is 0 Å². The normalized spacial score (nSPS) is 11.9. The molecule has 0 amide bonds. The van der Waals surface area contributed by atoms with Gasteiger partial charge in [-0.15, -0.1) is 23.0 Å². The third-order valence-corrected chi connectivity index (χ3v) is 5.51. The molecule has 0 spiro atoms. The van der Waals surface area contributed by atoms with Crippen LogP contribution >= 0.6 is 11.3 Å². The van der Waals surface area contributed by atoms with E-state index in [2.05, 4.69) is 35.6 Å². The molecule has 7 nitrogen and oxygen atoms in total. The van der Waals surface area contributed by atoms with Crippen LogP contribution in [-0.4, -0.2) is 39.3 Å². The van der Waals surface area contributed by atoms with Gasteiger partial charge >= 0.3 is 5.97 Å². The fraction of sp³-hybridized carbons (Fsp3) is 0.348. The average molecular weight is 438 g/mol. The largest absolute Gasteiger partial charge is 0.461 e. The summed E-state index contributed by atoms with van der Waals surface area (Å²) in [6.45, 7) is 10.8. The summed E-state index contributed by atoms with van der Waals surface area (Å²) in [5.74, 6) is 0.477. The fourth-order valence-electron chi connectivity index (χ4n) is 3.20. The Bertz CT molecular complexity index is 1010. The van der Waals surface area contributed by atoms with Crippen LogP contribution in [0.1, 0.15) is 48.7 Å². The predicted octanol–water partition coefficient (Wildman–Crippen LogP) is 4.95. The highest BCUT2D eigenvalue weighted by Gasteiger charge is 2.27. The van der Waals surface area contributed by atoms with Crippen LogP contribution in [-0.2, 0) is 4.74 Å². The summed E-state index contributed by atoms with van der Waals surface area (Å²) >= 11 is 1.44. The topological polar surface area (TPSA) is 81.1 Å². The monoisotopic (exact) mass is 437 g/mol. The van der Waals surface area contributed by atoms with Crippen LogP contribution in [0.25, 0.3) is 11.3 Å². The Hall–Kier alpha value is -3.13. The average Bonchev–Trinajstić information content (AvgIpc) is 3.27. The lowest BCUT2D eigenvalue weighted by atomic mass is 10.0. The molecule has 31 heavy (non-hydrogen) atoms. The molecule has 0 saturated heterocycles. The Balaban J connectivity index is 1.99. The van der Waals surface area contributed by atoms with Gasteiger partial charge in [-0.2, -0.15) is 5.10 Å². The summed E-state index contributed by atoms with van der Waals surface area (Å²) < 4.78 is 5.10. The second-order valence-corrected chi connectivity index (χ2v) is 8.28. The van der Waals surface area contributed by atoms with Crippen LogP contribution in [0.5, 0.6) is 0 Å².